The van der Waals surface area contributed by atoms with Crippen LogP contribution in [-0.2, 0) is 10.2 Å². The Morgan fingerprint density at radius 2 is 1.93 bits per heavy atom. The molecule has 3 aromatic rings. The Morgan fingerprint density at radius 1 is 1.18 bits per heavy atom. The number of rotatable bonds is 5. The molecule has 6 heteroatoms. The van der Waals surface area contributed by atoms with Crippen LogP contribution in [0.15, 0.2) is 71.1 Å². The number of fused-ring (bicyclic) bond motifs is 1. The highest BCUT2D eigenvalue weighted by molar-refractivity contribution is 5.93. The maximum absolute atomic E-state index is 12.5. The van der Waals surface area contributed by atoms with E-state index in [1.54, 1.807) is 18.2 Å². The average Bonchev–Trinajstić information content (AvgIpc) is 3.30. The van der Waals surface area contributed by atoms with Crippen molar-refractivity contribution in [2.75, 3.05) is 18.6 Å². The molecule has 142 valence electrons. The number of likely N-dealkylation sites (N-methyl/N-ethyl adjacent to an activating group) is 1. The van der Waals surface area contributed by atoms with Crippen molar-refractivity contribution >= 4 is 11.5 Å². The summed E-state index contributed by atoms with van der Waals surface area (Å²) in [5.74, 6) is 0.972. The summed E-state index contributed by atoms with van der Waals surface area (Å²) in [6.07, 6.45) is 2.97. The maximum atomic E-state index is 12.5. The highest BCUT2D eigenvalue weighted by Crippen LogP contribution is 2.46. The fraction of sp³-hybridized carbons (Fsp3) is 0.227. The number of hydrogen-bond acceptors (Lipinski definition) is 6. The molecule has 2 heterocycles. The van der Waals surface area contributed by atoms with Crippen molar-refractivity contribution in [3.8, 4) is 17.2 Å². The van der Waals surface area contributed by atoms with Crippen LogP contribution in [0.4, 0.5) is 5.69 Å². The third kappa shape index (κ3) is 3.17. The van der Waals surface area contributed by atoms with Gasteiger partial charge in [-0.1, -0.05) is 32.0 Å². The van der Waals surface area contributed by atoms with Crippen LogP contribution in [0.5, 0.6) is 5.75 Å². The van der Waals surface area contributed by atoms with Crippen LogP contribution in [0.1, 0.15) is 19.4 Å². The Kier molecular flexibility index (Phi) is 4.47. The molecule has 4 rings (SSSR count). The van der Waals surface area contributed by atoms with Gasteiger partial charge in [0.25, 0.3) is 0 Å². The fourth-order valence-electron chi connectivity index (χ4n) is 3.60. The van der Waals surface area contributed by atoms with E-state index in [0.717, 1.165) is 16.9 Å². The summed E-state index contributed by atoms with van der Waals surface area (Å²) in [5, 5.41) is 7.52. The van der Waals surface area contributed by atoms with E-state index in [4.69, 9.17) is 9.15 Å². The number of benzene rings is 2. The quantitative estimate of drug-likeness (QED) is 0.628. The number of ether oxygens (including phenoxy) is 1. The van der Waals surface area contributed by atoms with Crippen LogP contribution in [0.2, 0.25) is 0 Å². The second-order valence-electron chi connectivity index (χ2n) is 7.25. The average molecular weight is 375 g/mol. The van der Waals surface area contributed by atoms with E-state index in [0.29, 0.717) is 11.6 Å². The zero-order chi connectivity index (χ0) is 19.7. The topological polar surface area (TPSA) is 68.5 Å². The third-order valence-electron chi connectivity index (χ3n) is 5.08. The Balaban J connectivity index is 1.45. The molecule has 0 unspecified atom stereocenters. The SMILES string of the molecule is CN1/C(=C/C(=O)COc2ccc(-c3nnco3)cc2)C(C)(C)c2ccccc21. The highest BCUT2D eigenvalue weighted by atomic mass is 16.5. The van der Waals surface area contributed by atoms with E-state index in [1.807, 2.05) is 31.3 Å². The predicted molar refractivity (Wildman–Crippen MR) is 106 cm³/mol. The van der Waals surface area contributed by atoms with Gasteiger partial charge in [-0.2, -0.15) is 0 Å². The van der Waals surface area contributed by atoms with E-state index >= 15 is 0 Å². The zero-order valence-corrected chi connectivity index (χ0v) is 16.0. The van der Waals surface area contributed by atoms with Crippen molar-refractivity contribution in [2.45, 2.75) is 19.3 Å². The summed E-state index contributed by atoms with van der Waals surface area (Å²) in [7, 11) is 1.99. The summed E-state index contributed by atoms with van der Waals surface area (Å²) in [5.41, 5.74) is 3.88. The molecule has 6 nitrogen and oxygen atoms in total. The molecular formula is C22H21N3O3. The summed E-state index contributed by atoms with van der Waals surface area (Å²) < 4.78 is 10.8. The van der Waals surface area contributed by atoms with Gasteiger partial charge in [0.2, 0.25) is 12.3 Å². The van der Waals surface area contributed by atoms with E-state index in [9.17, 15) is 4.79 Å². The second-order valence-corrected chi connectivity index (χ2v) is 7.25. The number of carbonyl (C=O) groups is 1. The monoisotopic (exact) mass is 375 g/mol. The first-order valence-electron chi connectivity index (χ1n) is 9.04. The molecule has 0 N–H and O–H groups in total. The van der Waals surface area contributed by atoms with Gasteiger partial charge in [0.15, 0.2) is 12.4 Å². The van der Waals surface area contributed by atoms with E-state index in [1.165, 1.54) is 12.0 Å². The lowest BCUT2D eigenvalue weighted by molar-refractivity contribution is -0.116. The van der Waals surface area contributed by atoms with Gasteiger partial charge in [0, 0.05) is 35.5 Å². The van der Waals surface area contributed by atoms with E-state index in [2.05, 4.69) is 41.1 Å². The van der Waals surface area contributed by atoms with Gasteiger partial charge in [-0.15, -0.1) is 10.2 Å². The summed E-state index contributed by atoms with van der Waals surface area (Å²) in [6, 6.07) is 15.4. The molecule has 1 aliphatic heterocycles. The molecular weight excluding hydrogens is 354 g/mol. The van der Waals surface area contributed by atoms with Gasteiger partial charge in [0.1, 0.15) is 5.75 Å². The van der Waals surface area contributed by atoms with Crippen molar-refractivity contribution in [1.82, 2.24) is 10.2 Å². The first-order chi connectivity index (χ1) is 13.5. The van der Waals surface area contributed by atoms with Gasteiger partial charge in [-0.3, -0.25) is 4.79 Å². The second kappa shape index (κ2) is 6.96. The minimum atomic E-state index is -0.229. The lowest BCUT2D eigenvalue weighted by Crippen LogP contribution is -2.25. The Hall–Kier alpha value is -3.41. The van der Waals surface area contributed by atoms with Crippen molar-refractivity contribution in [3.05, 3.63) is 72.3 Å². The normalized spacial score (nSPS) is 16.2. The minimum absolute atomic E-state index is 0.0241. The summed E-state index contributed by atoms with van der Waals surface area (Å²) >= 11 is 0. The Bertz CT molecular complexity index is 1020. The molecule has 0 saturated carbocycles. The summed E-state index contributed by atoms with van der Waals surface area (Å²) in [4.78, 5) is 14.6. The molecule has 2 aromatic carbocycles. The van der Waals surface area contributed by atoms with Gasteiger partial charge >= 0.3 is 0 Å². The number of ketones is 1. The first kappa shape index (κ1) is 18.0. The number of nitrogens with zero attached hydrogens (tertiary/aromatic N) is 3. The lowest BCUT2D eigenvalue weighted by atomic mass is 9.83. The Labute approximate surface area is 163 Å². The van der Waals surface area contributed by atoms with Gasteiger partial charge in [-0.05, 0) is 35.9 Å². The largest absolute Gasteiger partial charge is 0.485 e. The summed E-state index contributed by atoms with van der Waals surface area (Å²) in [6.45, 7) is 4.24. The molecule has 28 heavy (non-hydrogen) atoms. The molecule has 0 radical (unpaired) electrons. The highest BCUT2D eigenvalue weighted by Gasteiger charge is 2.38. The first-order valence-corrected chi connectivity index (χ1v) is 9.04. The molecule has 0 aliphatic carbocycles. The van der Waals surface area contributed by atoms with Crippen LogP contribution >= 0.6 is 0 Å². The number of hydrogen-bond donors (Lipinski definition) is 0. The van der Waals surface area contributed by atoms with Gasteiger partial charge < -0.3 is 14.1 Å². The zero-order valence-electron chi connectivity index (χ0n) is 16.0. The molecule has 0 bridgehead atoms. The van der Waals surface area contributed by atoms with Crippen LogP contribution in [0.3, 0.4) is 0 Å². The van der Waals surface area contributed by atoms with Crippen molar-refractivity contribution in [2.24, 2.45) is 0 Å². The number of allylic oxidation sites excluding steroid dienone is 1. The van der Waals surface area contributed by atoms with E-state index < -0.39 is 0 Å². The number of aromatic nitrogens is 2. The Morgan fingerprint density at radius 3 is 2.61 bits per heavy atom. The molecule has 0 atom stereocenters. The van der Waals surface area contributed by atoms with E-state index in [-0.39, 0.29) is 17.8 Å². The van der Waals surface area contributed by atoms with Crippen LogP contribution < -0.4 is 9.64 Å². The standard InChI is InChI=1S/C22H21N3O3/c1-22(2)18-6-4-5-7-19(18)25(3)20(22)12-16(26)13-27-17-10-8-15(9-11-17)21-24-23-14-28-21/h4-12,14H,13H2,1-3H3/b20-12+. The number of para-hydroxylation sites is 1. The smallest absolute Gasteiger partial charge is 0.247 e. The lowest BCUT2D eigenvalue weighted by Gasteiger charge is -2.23. The predicted octanol–water partition coefficient (Wildman–Crippen LogP) is 4.00. The van der Waals surface area contributed by atoms with Gasteiger partial charge in [0.05, 0.1) is 0 Å². The molecule has 0 amide bonds. The number of anilines is 1. The van der Waals surface area contributed by atoms with Crippen molar-refractivity contribution in [3.63, 3.8) is 0 Å². The minimum Gasteiger partial charge on any atom is -0.485 e. The molecule has 1 aromatic heterocycles. The fourth-order valence-corrected chi connectivity index (χ4v) is 3.60. The third-order valence-corrected chi connectivity index (χ3v) is 5.08. The van der Waals surface area contributed by atoms with Crippen LogP contribution in [-0.4, -0.2) is 29.6 Å². The van der Waals surface area contributed by atoms with Crippen LogP contribution in [0, 0.1) is 0 Å². The molecule has 1 aliphatic rings. The van der Waals surface area contributed by atoms with Crippen LogP contribution in [0.25, 0.3) is 11.5 Å². The molecule has 0 spiro atoms. The maximum Gasteiger partial charge on any atom is 0.247 e. The van der Waals surface area contributed by atoms with Crippen molar-refractivity contribution in [1.29, 1.82) is 0 Å². The van der Waals surface area contributed by atoms with Gasteiger partial charge in [-0.25, -0.2) is 0 Å². The molecule has 0 fully saturated rings. The molecule has 0 saturated heterocycles. The number of carbonyl (C=O) groups excluding carboxylic acids is 1. The van der Waals surface area contributed by atoms with Crippen molar-refractivity contribution < 1.29 is 13.9 Å².